The molecule has 9 heteroatoms. The van der Waals surface area contributed by atoms with Gasteiger partial charge < -0.3 is 20.1 Å². The van der Waals surface area contributed by atoms with E-state index in [1.807, 2.05) is 23.4 Å². The molecule has 1 aliphatic rings. The van der Waals surface area contributed by atoms with Gasteiger partial charge in [-0.25, -0.2) is 14.4 Å². The Kier molecular flexibility index (Phi) is 9.47. The van der Waals surface area contributed by atoms with Crippen molar-refractivity contribution in [3.05, 3.63) is 78.3 Å². The monoisotopic (exact) mass is 563 g/mol. The minimum Gasteiger partial charge on any atom is -0.352 e. The minimum absolute atomic E-state index is 0. The highest BCUT2D eigenvalue weighted by molar-refractivity contribution is 14.0. The number of guanidine groups is 1. The van der Waals surface area contributed by atoms with E-state index in [1.165, 1.54) is 11.6 Å². The van der Waals surface area contributed by atoms with Gasteiger partial charge in [0.2, 0.25) is 0 Å². The largest absolute Gasteiger partial charge is 0.352 e. The number of rotatable bonds is 8. The predicted molar refractivity (Wildman–Crippen MR) is 141 cm³/mol. The standard InChI is InChI=1S/C24H30FN7.HI/c1-26-24(30-20-11-15-32(18-20)23-21(25)10-5-12-28-23)29-17-22-27-13-16-31(22)14-6-9-19-7-3-2-4-8-19;/h2-5,7-8,10,12-13,16,20H,6,9,11,14-15,17-18H2,1H3,(H2,26,29,30);1H. The number of hydrogen-bond donors (Lipinski definition) is 2. The SMILES string of the molecule is CN=C(NCc1nccn1CCCc1ccccc1)NC1CCN(c2ncccc2F)C1.I. The lowest BCUT2D eigenvalue weighted by atomic mass is 10.1. The van der Waals surface area contributed by atoms with Crippen LogP contribution in [-0.4, -0.2) is 46.7 Å². The quantitative estimate of drug-likeness (QED) is 0.249. The fourth-order valence-corrected chi connectivity index (χ4v) is 4.04. The first kappa shape index (κ1) is 24.9. The normalized spacial score (nSPS) is 15.9. The van der Waals surface area contributed by atoms with Crippen molar-refractivity contribution < 1.29 is 4.39 Å². The van der Waals surface area contributed by atoms with Gasteiger partial charge in [0.1, 0.15) is 5.82 Å². The van der Waals surface area contributed by atoms with Crippen LogP contribution in [0, 0.1) is 5.82 Å². The van der Waals surface area contributed by atoms with E-state index < -0.39 is 0 Å². The van der Waals surface area contributed by atoms with Gasteiger partial charge >= 0.3 is 0 Å². The van der Waals surface area contributed by atoms with Crippen LogP contribution in [0.1, 0.15) is 24.2 Å². The van der Waals surface area contributed by atoms with Crippen LogP contribution in [0.2, 0.25) is 0 Å². The van der Waals surface area contributed by atoms with Gasteiger partial charge in [-0.05, 0) is 37.0 Å². The maximum absolute atomic E-state index is 14.0. The molecule has 1 atom stereocenters. The van der Waals surface area contributed by atoms with E-state index in [-0.39, 0.29) is 35.8 Å². The van der Waals surface area contributed by atoms with Crippen LogP contribution in [0.3, 0.4) is 0 Å². The van der Waals surface area contributed by atoms with E-state index in [2.05, 4.69) is 54.4 Å². The third-order valence-corrected chi connectivity index (χ3v) is 5.71. The molecule has 1 fully saturated rings. The van der Waals surface area contributed by atoms with Crippen molar-refractivity contribution in [1.29, 1.82) is 0 Å². The highest BCUT2D eigenvalue weighted by Gasteiger charge is 2.26. The summed E-state index contributed by atoms with van der Waals surface area (Å²) in [6, 6.07) is 13.8. The zero-order valence-corrected chi connectivity index (χ0v) is 21.2. The average molecular weight is 563 g/mol. The summed E-state index contributed by atoms with van der Waals surface area (Å²) in [6.07, 6.45) is 8.49. The molecule has 0 spiro atoms. The smallest absolute Gasteiger partial charge is 0.191 e. The Morgan fingerprint density at radius 2 is 2.00 bits per heavy atom. The zero-order chi connectivity index (χ0) is 22.2. The number of aromatic nitrogens is 3. The lowest BCUT2D eigenvalue weighted by Crippen LogP contribution is -2.44. The molecule has 33 heavy (non-hydrogen) atoms. The number of pyridine rings is 1. The molecule has 0 saturated carbocycles. The minimum atomic E-state index is -0.283. The zero-order valence-electron chi connectivity index (χ0n) is 18.8. The van der Waals surface area contributed by atoms with Gasteiger partial charge in [-0.3, -0.25) is 4.99 Å². The molecule has 0 amide bonds. The summed E-state index contributed by atoms with van der Waals surface area (Å²) in [5.41, 5.74) is 1.35. The molecule has 1 aliphatic heterocycles. The molecular formula is C24H31FIN7. The van der Waals surface area contributed by atoms with Crippen LogP contribution in [0.15, 0.2) is 66.0 Å². The van der Waals surface area contributed by atoms with Gasteiger partial charge in [0.05, 0.1) is 6.54 Å². The van der Waals surface area contributed by atoms with Gasteiger partial charge in [0.25, 0.3) is 0 Å². The Balaban J connectivity index is 0.00000306. The number of hydrogen-bond acceptors (Lipinski definition) is 4. The molecule has 2 aromatic heterocycles. The van der Waals surface area contributed by atoms with Crippen molar-refractivity contribution in [3.63, 3.8) is 0 Å². The number of nitrogens with zero attached hydrogens (tertiary/aromatic N) is 5. The van der Waals surface area contributed by atoms with Crippen LogP contribution in [0.5, 0.6) is 0 Å². The van der Waals surface area contributed by atoms with Crippen molar-refractivity contribution >= 4 is 35.8 Å². The van der Waals surface area contributed by atoms with Gasteiger partial charge in [0.15, 0.2) is 17.6 Å². The first-order valence-electron chi connectivity index (χ1n) is 11.1. The molecule has 0 bridgehead atoms. The van der Waals surface area contributed by atoms with Crippen LogP contribution < -0.4 is 15.5 Å². The van der Waals surface area contributed by atoms with Crippen molar-refractivity contribution in [1.82, 2.24) is 25.2 Å². The Bertz CT molecular complexity index is 1020. The molecular weight excluding hydrogens is 532 g/mol. The third kappa shape index (κ3) is 6.89. The fourth-order valence-electron chi connectivity index (χ4n) is 4.04. The van der Waals surface area contributed by atoms with E-state index in [0.29, 0.717) is 18.9 Å². The summed E-state index contributed by atoms with van der Waals surface area (Å²) in [5, 5.41) is 6.80. The lowest BCUT2D eigenvalue weighted by molar-refractivity contribution is 0.593. The van der Waals surface area contributed by atoms with Crippen molar-refractivity contribution in [2.45, 2.75) is 38.4 Å². The first-order valence-corrected chi connectivity index (χ1v) is 11.1. The second-order valence-corrected chi connectivity index (χ2v) is 7.94. The molecule has 7 nitrogen and oxygen atoms in total. The average Bonchev–Trinajstić information content (AvgIpc) is 3.47. The number of imidazole rings is 1. The Morgan fingerprint density at radius 3 is 2.79 bits per heavy atom. The maximum Gasteiger partial charge on any atom is 0.191 e. The number of aliphatic imine (C=N–C) groups is 1. The number of benzene rings is 1. The van der Waals surface area contributed by atoms with Crippen LogP contribution in [-0.2, 0) is 19.5 Å². The third-order valence-electron chi connectivity index (χ3n) is 5.71. The molecule has 0 radical (unpaired) electrons. The summed E-state index contributed by atoms with van der Waals surface area (Å²) in [7, 11) is 1.76. The number of anilines is 1. The van der Waals surface area contributed by atoms with E-state index in [1.54, 1.807) is 19.3 Å². The molecule has 2 N–H and O–H groups in total. The molecule has 0 aliphatic carbocycles. The predicted octanol–water partition coefficient (Wildman–Crippen LogP) is 3.61. The molecule has 3 aromatic rings. The highest BCUT2D eigenvalue weighted by Crippen LogP contribution is 2.20. The summed E-state index contributed by atoms with van der Waals surface area (Å²) in [4.78, 5) is 15.0. The van der Waals surface area contributed by atoms with Crippen LogP contribution >= 0.6 is 24.0 Å². The molecule has 176 valence electrons. The van der Waals surface area contributed by atoms with Gasteiger partial charge in [0, 0.05) is 51.3 Å². The van der Waals surface area contributed by atoms with Crippen molar-refractivity contribution in [2.24, 2.45) is 4.99 Å². The number of nitrogens with one attached hydrogen (secondary N) is 2. The first-order chi connectivity index (χ1) is 15.7. The second kappa shape index (κ2) is 12.5. The molecule has 1 aromatic carbocycles. The van der Waals surface area contributed by atoms with Crippen LogP contribution in [0.4, 0.5) is 10.2 Å². The fraction of sp³-hybridized carbons (Fsp3) is 0.375. The summed E-state index contributed by atoms with van der Waals surface area (Å²) in [6.45, 7) is 2.95. The summed E-state index contributed by atoms with van der Waals surface area (Å²) < 4.78 is 16.2. The van der Waals surface area contributed by atoms with E-state index in [4.69, 9.17) is 0 Å². The highest BCUT2D eigenvalue weighted by atomic mass is 127. The number of halogens is 2. The Hall–Kier alpha value is -2.69. The van der Waals surface area contributed by atoms with Crippen molar-refractivity contribution in [2.75, 3.05) is 25.0 Å². The van der Waals surface area contributed by atoms with Gasteiger partial charge in [-0.2, -0.15) is 0 Å². The Labute approximate surface area is 211 Å². The van der Waals surface area contributed by atoms with Crippen molar-refractivity contribution in [3.8, 4) is 0 Å². The van der Waals surface area contributed by atoms with Crippen LogP contribution in [0.25, 0.3) is 0 Å². The topological polar surface area (TPSA) is 70.4 Å². The Morgan fingerprint density at radius 1 is 1.15 bits per heavy atom. The molecule has 4 rings (SSSR count). The maximum atomic E-state index is 14.0. The summed E-state index contributed by atoms with van der Waals surface area (Å²) in [5.74, 6) is 1.83. The summed E-state index contributed by atoms with van der Waals surface area (Å²) >= 11 is 0. The lowest BCUT2D eigenvalue weighted by Gasteiger charge is -2.20. The van der Waals surface area contributed by atoms with Gasteiger partial charge in [-0.1, -0.05) is 30.3 Å². The second-order valence-electron chi connectivity index (χ2n) is 7.94. The molecule has 1 unspecified atom stereocenters. The van der Waals surface area contributed by atoms with E-state index in [9.17, 15) is 4.39 Å². The van der Waals surface area contributed by atoms with Gasteiger partial charge in [-0.15, -0.1) is 24.0 Å². The molecule has 3 heterocycles. The van der Waals surface area contributed by atoms with E-state index >= 15 is 0 Å². The number of aryl methyl sites for hydroxylation is 2. The van der Waals surface area contributed by atoms with E-state index in [0.717, 1.165) is 44.1 Å². The molecule has 1 saturated heterocycles.